The number of nitrogens with one attached hydrogen (secondary N) is 1. The maximum atomic E-state index is 13.4. The van der Waals surface area contributed by atoms with Crippen molar-refractivity contribution >= 4 is 10.9 Å². The second-order valence-corrected chi connectivity index (χ2v) is 5.72. The van der Waals surface area contributed by atoms with Crippen LogP contribution in [0.2, 0.25) is 0 Å². The molecule has 1 aromatic heterocycles. The first-order valence-corrected chi connectivity index (χ1v) is 6.78. The van der Waals surface area contributed by atoms with Gasteiger partial charge in [0.25, 0.3) is 0 Å². The molecule has 2 heteroatoms. The van der Waals surface area contributed by atoms with Gasteiger partial charge < -0.3 is 4.98 Å². The third-order valence-electron chi connectivity index (χ3n) is 3.89. The minimum absolute atomic E-state index is 0.155. The van der Waals surface area contributed by atoms with E-state index in [4.69, 9.17) is 0 Å². The Kier molecular flexibility index (Phi) is 2.89. The van der Waals surface area contributed by atoms with Crippen molar-refractivity contribution in [2.24, 2.45) is 11.8 Å². The molecule has 0 spiro atoms. The van der Waals surface area contributed by atoms with Crippen LogP contribution in [0.3, 0.4) is 0 Å². The first-order chi connectivity index (χ1) is 8.65. The summed E-state index contributed by atoms with van der Waals surface area (Å²) in [5, 5.41) is 1.03. The van der Waals surface area contributed by atoms with E-state index in [1.54, 1.807) is 6.07 Å². The topological polar surface area (TPSA) is 15.8 Å². The molecule has 0 atom stereocenters. The molecule has 1 fully saturated rings. The van der Waals surface area contributed by atoms with Crippen LogP contribution < -0.4 is 0 Å². The maximum absolute atomic E-state index is 13.4. The van der Waals surface area contributed by atoms with E-state index < -0.39 is 0 Å². The molecule has 18 heavy (non-hydrogen) atoms. The molecule has 0 aliphatic heterocycles. The van der Waals surface area contributed by atoms with Crippen molar-refractivity contribution in [3.63, 3.8) is 0 Å². The fourth-order valence-electron chi connectivity index (χ4n) is 2.65. The number of H-pyrrole nitrogens is 1. The molecule has 0 unspecified atom stereocenters. The van der Waals surface area contributed by atoms with Crippen LogP contribution in [0.15, 0.2) is 24.4 Å². The van der Waals surface area contributed by atoms with E-state index in [-0.39, 0.29) is 5.82 Å². The molecule has 1 nitrogen and oxygen atoms in total. The molecule has 1 aliphatic carbocycles. The standard InChI is InChI=1S/C16H19FN/c1-10(2)13(7-11-3-4-11)15-9-18-16-6-5-12(17)8-14(15)16/h5-6,8-11,18H,3-4,7H2,1-2H3. The number of aromatic nitrogens is 1. The average Bonchev–Trinajstić information content (AvgIpc) is 3.06. The van der Waals surface area contributed by atoms with Crippen LogP contribution in [0, 0.1) is 23.6 Å². The molecule has 95 valence electrons. The number of halogens is 1. The van der Waals surface area contributed by atoms with Gasteiger partial charge in [0.1, 0.15) is 5.82 Å². The predicted molar refractivity (Wildman–Crippen MR) is 72.8 cm³/mol. The Morgan fingerprint density at radius 3 is 2.83 bits per heavy atom. The van der Waals surface area contributed by atoms with Crippen LogP contribution in [0.5, 0.6) is 0 Å². The summed E-state index contributed by atoms with van der Waals surface area (Å²) in [5.41, 5.74) is 2.24. The van der Waals surface area contributed by atoms with Crippen LogP contribution in [0.4, 0.5) is 4.39 Å². The minimum Gasteiger partial charge on any atom is -0.361 e. The van der Waals surface area contributed by atoms with Crippen molar-refractivity contribution in [1.29, 1.82) is 0 Å². The van der Waals surface area contributed by atoms with E-state index in [1.165, 1.54) is 36.8 Å². The van der Waals surface area contributed by atoms with Gasteiger partial charge in [0.05, 0.1) is 0 Å². The van der Waals surface area contributed by atoms with Crippen LogP contribution in [0.1, 0.15) is 38.7 Å². The predicted octanol–water partition coefficient (Wildman–Crippen LogP) is 4.69. The molecule has 1 saturated carbocycles. The van der Waals surface area contributed by atoms with Crippen molar-refractivity contribution in [2.45, 2.75) is 33.1 Å². The number of fused-ring (bicyclic) bond motifs is 1. The zero-order chi connectivity index (χ0) is 12.7. The van der Waals surface area contributed by atoms with E-state index in [2.05, 4.69) is 18.8 Å². The molecule has 1 N–H and O–H groups in total. The Morgan fingerprint density at radius 2 is 2.17 bits per heavy atom. The summed E-state index contributed by atoms with van der Waals surface area (Å²) in [6, 6.07) is 4.98. The van der Waals surface area contributed by atoms with Crippen LogP contribution in [-0.4, -0.2) is 4.98 Å². The lowest BCUT2D eigenvalue weighted by atomic mass is 9.84. The van der Waals surface area contributed by atoms with E-state index in [0.717, 1.165) is 16.8 Å². The van der Waals surface area contributed by atoms with Crippen molar-refractivity contribution in [3.05, 3.63) is 41.7 Å². The lowest BCUT2D eigenvalue weighted by Gasteiger charge is -2.19. The molecule has 2 aromatic rings. The zero-order valence-electron chi connectivity index (χ0n) is 11.0. The van der Waals surface area contributed by atoms with Crippen molar-refractivity contribution in [1.82, 2.24) is 4.98 Å². The molecule has 0 bridgehead atoms. The average molecular weight is 244 g/mol. The first-order valence-electron chi connectivity index (χ1n) is 6.78. The number of hydrogen-bond acceptors (Lipinski definition) is 0. The van der Waals surface area contributed by atoms with Crippen molar-refractivity contribution < 1.29 is 4.39 Å². The van der Waals surface area contributed by atoms with Crippen LogP contribution in [-0.2, 0) is 0 Å². The lowest BCUT2D eigenvalue weighted by Crippen LogP contribution is -2.08. The van der Waals surface area contributed by atoms with Gasteiger partial charge in [0, 0.05) is 23.0 Å². The third-order valence-corrected chi connectivity index (χ3v) is 3.89. The summed E-state index contributed by atoms with van der Waals surface area (Å²) in [6.45, 7) is 4.46. The van der Waals surface area contributed by atoms with E-state index in [9.17, 15) is 4.39 Å². The second kappa shape index (κ2) is 4.42. The molecule has 1 aliphatic rings. The van der Waals surface area contributed by atoms with Crippen molar-refractivity contribution in [2.75, 3.05) is 0 Å². The van der Waals surface area contributed by atoms with E-state index >= 15 is 0 Å². The molecule has 1 radical (unpaired) electrons. The Balaban J connectivity index is 2.01. The Hall–Kier alpha value is -1.31. The van der Waals surface area contributed by atoms with Gasteiger partial charge in [-0.25, -0.2) is 4.39 Å². The number of rotatable bonds is 4. The van der Waals surface area contributed by atoms with Gasteiger partial charge in [-0.3, -0.25) is 0 Å². The normalized spacial score (nSPS) is 16.1. The molecule has 1 aromatic carbocycles. The Bertz CT molecular complexity index is 551. The highest BCUT2D eigenvalue weighted by Crippen LogP contribution is 2.42. The smallest absolute Gasteiger partial charge is 0.123 e. The first kappa shape index (κ1) is 11.8. The zero-order valence-corrected chi connectivity index (χ0v) is 11.0. The van der Waals surface area contributed by atoms with Gasteiger partial charge in [0.2, 0.25) is 0 Å². The molecule has 1 heterocycles. The fourth-order valence-corrected chi connectivity index (χ4v) is 2.65. The number of hydrogen-bond donors (Lipinski definition) is 1. The highest BCUT2D eigenvalue weighted by Gasteiger charge is 2.29. The van der Waals surface area contributed by atoms with Crippen LogP contribution >= 0.6 is 0 Å². The highest BCUT2D eigenvalue weighted by molar-refractivity contribution is 5.85. The monoisotopic (exact) mass is 244 g/mol. The van der Waals surface area contributed by atoms with Gasteiger partial charge in [-0.15, -0.1) is 0 Å². The van der Waals surface area contributed by atoms with Gasteiger partial charge >= 0.3 is 0 Å². The quantitative estimate of drug-likeness (QED) is 0.803. The molecular formula is C16H19FN. The van der Waals surface area contributed by atoms with Crippen LogP contribution in [0.25, 0.3) is 10.9 Å². The summed E-state index contributed by atoms with van der Waals surface area (Å²) in [6.07, 6.45) is 5.92. The van der Waals surface area contributed by atoms with Crippen molar-refractivity contribution in [3.8, 4) is 0 Å². The fraction of sp³-hybridized carbons (Fsp3) is 0.438. The van der Waals surface area contributed by atoms with Gasteiger partial charge in [-0.2, -0.15) is 0 Å². The highest BCUT2D eigenvalue weighted by atomic mass is 19.1. The Labute approximate surface area is 107 Å². The summed E-state index contributed by atoms with van der Waals surface area (Å²) < 4.78 is 13.4. The third kappa shape index (κ3) is 2.16. The second-order valence-electron chi connectivity index (χ2n) is 5.72. The Morgan fingerprint density at radius 1 is 1.39 bits per heavy atom. The molecule has 3 rings (SSSR count). The van der Waals surface area contributed by atoms with E-state index in [1.807, 2.05) is 12.3 Å². The number of aromatic amines is 1. The van der Waals surface area contributed by atoms with E-state index in [0.29, 0.717) is 5.92 Å². The molecule has 0 saturated heterocycles. The lowest BCUT2D eigenvalue weighted by molar-refractivity contribution is 0.597. The largest absolute Gasteiger partial charge is 0.361 e. The molecule has 0 amide bonds. The SMILES string of the molecule is CC(C)[C](CC1CC1)c1c[nH]c2ccc(F)cc12. The van der Waals surface area contributed by atoms with Gasteiger partial charge in [-0.1, -0.05) is 26.7 Å². The number of benzene rings is 1. The molecular weight excluding hydrogens is 225 g/mol. The summed E-state index contributed by atoms with van der Waals surface area (Å²) in [5.74, 6) is 2.70. The van der Waals surface area contributed by atoms with Gasteiger partial charge in [0.15, 0.2) is 0 Å². The summed E-state index contributed by atoms with van der Waals surface area (Å²) >= 11 is 0. The van der Waals surface area contributed by atoms with Gasteiger partial charge in [-0.05, 0) is 42.0 Å². The summed E-state index contributed by atoms with van der Waals surface area (Å²) in [7, 11) is 0. The maximum Gasteiger partial charge on any atom is 0.123 e. The minimum atomic E-state index is -0.155. The summed E-state index contributed by atoms with van der Waals surface area (Å²) in [4.78, 5) is 3.26.